The summed E-state index contributed by atoms with van der Waals surface area (Å²) in [6.07, 6.45) is 9.54. The average Bonchev–Trinajstić information content (AvgIpc) is 2.30. The lowest BCUT2D eigenvalue weighted by Crippen LogP contribution is -2.38. The van der Waals surface area contributed by atoms with E-state index in [1.54, 1.807) is 0 Å². The Morgan fingerprint density at radius 3 is 2.00 bits per heavy atom. The predicted octanol–water partition coefficient (Wildman–Crippen LogP) is 5.35. The van der Waals surface area contributed by atoms with E-state index in [4.69, 9.17) is 4.74 Å². The molecule has 20 heavy (non-hydrogen) atoms. The molecule has 0 spiro atoms. The van der Waals surface area contributed by atoms with Crippen molar-refractivity contribution < 1.29 is 9.53 Å². The first-order valence-corrected chi connectivity index (χ1v) is 8.57. The lowest BCUT2D eigenvalue weighted by Gasteiger charge is -2.34. The van der Waals surface area contributed by atoms with Gasteiger partial charge in [0.05, 0.1) is 5.41 Å². The van der Waals surface area contributed by atoms with Crippen molar-refractivity contribution in [2.24, 2.45) is 17.3 Å². The number of carbonyl (C=O) groups is 1. The summed E-state index contributed by atoms with van der Waals surface area (Å²) in [5, 5.41) is 0. The highest BCUT2D eigenvalue weighted by Crippen LogP contribution is 2.36. The Labute approximate surface area is 125 Å². The van der Waals surface area contributed by atoms with Gasteiger partial charge < -0.3 is 4.74 Å². The molecule has 0 aliphatic heterocycles. The molecule has 2 nitrogen and oxygen atoms in total. The second-order valence-corrected chi connectivity index (χ2v) is 7.54. The van der Waals surface area contributed by atoms with E-state index in [9.17, 15) is 4.79 Å². The molecule has 0 aromatic carbocycles. The minimum atomic E-state index is -0.337. The second kappa shape index (κ2) is 8.05. The van der Waals surface area contributed by atoms with Crippen LogP contribution in [0.15, 0.2) is 0 Å². The van der Waals surface area contributed by atoms with Crippen molar-refractivity contribution in [1.29, 1.82) is 0 Å². The SMILES string of the molecule is CC(C)CC(C)(C(=O)OC1CCCCCCC1)C(C)C. The molecule has 1 unspecified atom stereocenters. The van der Waals surface area contributed by atoms with Crippen LogP contribution in [0.3, 0.4) is 0 Å². The molecule has 1 fully saturated rings. The highest BCUT2D eigenvalue weighted by molar-refractivity contribution is 5.76. The van der Waals surface area contributed by atoms with E-state index in [0.29, 0.717) is 11.8 Å². The highest BCUT2D eigenvalue weighted by Gasteiger charge is 2.39. The molecule has 1 aliphatic carbocycles. The van der Waals surface area contributed by atoms with Crippen molar-refractivity contribution in [3.05, 3.63) is 0 Å². The molecule has 118 valence electrons. The van der Waals surface area contributed by atoms with Gasteiger partial charge in [-0.2, -0.15) is 0 Å². The van der Waals surface area contributed by atoms with Crippen LogP contribution in [0.4, 0.5) is 0 Å². The molecule has 1 saturated carbocycles. The highest BCUT2D eigenvalue weighted by atomic mass is 16.5. The lowest BCUT2D eigenvalue weighted by molar-refractivity contribution is -0.165. The summed E-state index contributed by atoms with van der Waals surface area (Å²) in [4.78, 5) is 12.7. The van der Waals surface area contributed by atoms with E-state index in [2.05, 4.69) is 34.6 Å². The minimum absolute atomic E-state index is 0.0340. The van der Waals surface area contributed by atoms with Gasteiger partial charge in [-0.15, -0.1) is 0 Å². The third-order valence-electron chi connectivity index (χ3n) is 4.90. The van der Waals surface area contributed by atoms with Crippen molar-refractivity contribution in [3.8, 4) is 0 Å². The summed E-state index contributed by atoms with van der Waals surface area (Å²) < 4.78 is 5.92. The quantitative estimate of drug-likeness (QED) is 0.635. The fourth-order valence-electron chi connectivity index (χ4n) is 3.23. The Morgan fingerprint density at radius 2 is 1.55 bits per heavy atom. The normalized spacial score (nSPS) is 21.4. The van der Waals surface area contributed by atoms with Gasteiger partial charge in [0, 0.05) is 0 Å². The number of hydrogen-bond donors (Lipinski definition) is 0. The van der Waals surface area contributed by atoms with E-state index in [-0.39, 0.29) is 17.5 Å². The van der Waals surface area contributed by atoms with Gasteiger partial charge in [0.1, 0.15) is 6.10 Å². The molecular formula is C18H34O2. The summed E-state index contributed by atoms with van der Waals surface area (Å²) in [5.74, 6) is 0.880. The Hall–Kier alpha value is -0.530. The smallest absolute Gasteiger partial charge is 0.312 e. The molecule has 2 heteroatoms. The van der Waals surface area contributed by atoms with Crippen LogP contribution in [0.25, 0.3) is 0 Å². The summed E-state index contributed by atoms with van der Waals surface area (Å²) in [5.41, 5.74) is -0.337. The van der Waals surface area contributed by atoms with E-state index in [0.717, 1.165) is 19.3 Å². The van der Waals surface area contributed by atoms with Gasteiger partial charge in [-0.3, -0.25) is 4.79 Å². The molecule has 0 saturated heterocycles. The van der Waals surface area contributed by atoms with E-state index < -0.39 is 0 Å². The number of esters is 1. The zero-order valence-corrected chi connectivity index (χ0v) is 14.2. The topological polar surface area (TPSA) is 26.3 Å². The fourth-order valence-corrected chi connectivity index (χ4v) is 3.23. The van der Waals surface area contributed by atoms with Gasteiger partial charge >= 0.3 is 5.97 Å². The standard InChI is InChI=1S/C18H34O2/c1-14(2)13-18(5,15(3)4)17(19)20-16-11-9-7-6-8-10-12-16/h14-16H,6-13H2,1-5H3. The van der Waals surface area contributed by atoms with E-state index >= 15 is 0 Å². The van der Waals surface area contributed by atoms with Crippen molar-refractivity contribution in [2.75, 3.05) is 0 Å². The Balaban J connectivity index is 2.64. The van der Waals surface area contributed by atoms with Crippen LogP contribution >= 0.6 is 0 Å². The summed E-state index contributed by atoms with van der Waals surface area (Å²) in [6.45, 7) is 10.7. The van der Waals surface area contributed by atoms with Gasteiger partial charge in [-0.05, 0) is 50.9 Å². The monoisotopic (exact) mass is 282 g/mol. The van der Waals surface area contributed by atoms with Crippen molar-refractivity contribution in [2.45, 2.75) is 92.1 Å². The Morgan fingerprint density at radius 1 is 1.05 bits per heavy atom. The predicted molar refractivity (Wildman–Crippen MR) is 84.6 cm³/mol. The first kappa shape index (κ1) is 17.5. The zero-order chi connectivity index (χ0) is 15.2. The van der Waals surface area contributed by atoms with Crippen LogP contribution in [0.2, 0.25) is 0 Å². The largest absolute Gasteiger partial charge is 0.462 e. The van der Waals surface area contributed by atoms with Gasteiger partial charge in [0.15, 0.2) is 0 Å². The maximum atomic E-state index is 12.7. The molecule has 0 amide bonds. The molecular weight excluding hydrogens is 248 g/mol. The molecule has 0 radical (unpaired) electrons. The first-order chi connectivity index (χ1) is 9.36. The van der Waals surface area contributed by atoms with Crippen LogP contribution < -0.4 is 0 Å². The molecule has 0 heterocycles. The van der Waals surface area contributed by atoms with Gasteiger partial charge in [-0.1, -0.05) is 47.0 Å². The average molecular weight is 282 g/mol. The molecule has 1 aliphatic rings. The van der Waals surface area contributed by atoms with Crippen LogP contribution in [-0.2, 0) is 9.53 Å². The molecule has 0 aromatic rings. The van der Waals surface area contributed by atoms with Crippen LogP contribution in [0, 0.1) is 17.3 Å². The lowest BCUT2D eigenvalue weighted by atomic mass is 9.73. The molecule has 0 N–H and O–H groups in total. The first-order valence-electron chi connectivity index (χ1n) is 8.57. The second-order valence-electron chi connectivity index (χ2n) is 7.54. The maximum absolute atomic E-state index is 12.7. The third-order valence-corrected chi connectivity index (χ3v) is 4.90. The summed E-state index contributed by atoms with van der Waals surface area (Å²) in [7, 11) is 0. The fraction of sp³-hybridized carbons (Fsp3) is 0.944. The van der Waals surface area contributed by atoms with Crippen LogP contribution in [0.5, 0.6) is 0 Å². The molecule has 1 rings (SSSR count). The third kappa shape index (κ3) is 5.10. The zero-order valence-electron chi connectivity index (χ0n) is 14.2. The number of hydrogen-bond acceptors (Lipinski definition) is 2. The molecule has 1 atom stereocenters. The van der Waals surface area contributed by atoms with Crippen LogP contribution in [-0.4, -0.2) is 12.1 Å². The summed E-state index contributed by atoms with van der Waals surface area (Å²) >= 11 is 0. The Kier molecular flexibility index (Phi) is 7.05. The van der Waals surface area contributed by atoms with Crippen LogP contribution in [0.1, 0.15) is 86.0 Å². The minimum Gasteiger partial charge on any atom is -0.462 e. The molecule has 0 bridgehead atoms. The van der Waals surface area contributed by atoms with Gasteiger partial charge in [0.2, 0.25) is 0 Å². The molecule has 0 aromatic heterocycles. The van der Waals surface area contributed by atoms with E-state index in [1.807, 2.05) is 0 Å². The van der Waals surface area contributed by atoms with Crippen molar-refractivity contribution in [3.63, 3.8) is 0 Å². The van der Waals surface area contributed by atoms with Crippen molar-refractivity contribution >= 4 is 5.97 Å². The van der Waals surface area contributed by atoms with E-state index in [1.165, 1.54) is 32.1 Å². The summed E-state index contributed by atoms with van der Waals surface area (Å²) in [6, 6.07) is 0. The van der Waals surface area contributed by atoms with Gasteiger partial charge in [0.25, 0.3) is 0 Å². The number of rotatable bonds is 5. The van der Waals surface area contributed by atoms with Crippen molar-refractivity contribution in [1.82, 2.24) is 0 Å². The van der Waals surface area contributed by atoms with Gasteiger partial charge in [-0.25, -0.2) is 0 Å². The number of carbonyl (C=O) groups excluding carboxylic acids is 1. The maximum Gasteiger partial charge on any atom is 0.312 e. The number of ether oxygens (including phenoxy) is 1. The Bertz CT molecular complexity index is 288.